The Morgan fingerprint density at radius 3 is 2.25 bits per heavy atom. The molecule has 5 heteroatoms. The third kappa shape index (κ3) is 2.94. The summed E-state index contributed by atoms with van der Waals surface area (Å²) in [5.41, 5.74) is 10.2. The lowest BCUT2D eigenvalue weighted by Gasteiger charge is -2.13. The van der Waals surface area contributed by atoms with E-state index in [1.54, 1.807) is 24.3 Å². The molecule has 1 heterocycles. The third-order valence-electron chi connectivity index (χ3n) is 3.74. The van der Waals surface area contributed by atoms with Gasteiger partial charge in [-0.2, -0.15) is 5.26 Å². The van der Waals surface area contributed by atoms with Crippen LogP contribution in [-0.2, 0) is 0 Å². The van der Waals surface area contributed by atoms with Gasteiger partial charge in [0.25, 0.3) is 0 Å². The van der Waals surface area contributed by atoms with Crippen molar-refractivity contribution in [3.63, 3.8) is 0 Å². The van der Waals surface area contributed by atoms with Gasteiger partial charge in [0, 0.05) is 26.7 Å². The molecule has 0 aliphatic heterocycles. The zero-order valence-electron chi connectivity index (χ0n) is 12.8. The number of rotatable bonds is 2. The van der Waals surface area contributed by atoms with Crippen molar-refractivity contribution >= 4 is 29.0 Å². The zero-order valence-corrected chi connectivity index (χ0v) is 14.4. The Kier molecular flexibility index (Phi) is 4.44. The lowest BCUT2D eigenvalue weighted by molar-refractivity contribution is 1.30. The van der Waals surface area contributed by atoms with Crippen LogP contribution in [-0.4, -0.2) is 4.98 Å². The second-order valence-corrected chi connectivity index (χ2v) is 6.20. The quantitative estimate of drug-likeness (QED) is 0.662. The van der Waals surface area contributed by atoms with Crippen LogP contribution in [0.5, 0.6) is 0 Å². The fraction of sp³-hybridized carbons (Fsp3) is 0.0526. The topological polar surface area (TPSA) is 62.7 Å². The van der Waals surface area contributed by atoms with E-state index >= 15 is 0 Å². The highest BCUT2D eigenvalue weighted by Gasteiger charge is 2.17. The molecular weight excluding hydrogens is 341 g/mol. The van der Waals surface area contributed by atoms with Crippen molar-refractivity contribution in [2.24, 2.45) is 0 Å². The predicted octanol–water partition coefficient (Wildman–Crippen LogP) is 5.48. The average Bonchev–Trinajstić information content (AvgIpc) is 2.55. The van der Waals surface area contributed by atoms with Gasteiger partial charge in [-0.05, 0) is 25.1 Å². The van der Waals surface area contributed by atoms with E-state index < -0.39 is 0 Å². The molecule has 0 radical (unpaired) electrons. The number of hydrogen-bond acceptors (Lipinski definition) is 3. The Labute approximate surface area is 150 Å². The van der Waals surface area contributed by atoms with Crippen LogP contribution in [0.1, 0.15) is 11.1 Å². The number of nitrogen functional groups attached to an aromatic ring is 1. The minimum absolute atomic E-state index is 0.154. The Morgan fingerprint density at radius 1 is 1.04 bits per heavy atom. The van der Waals surface area contributed by atoms with Crippen molar-refractivity contribution in [3.05, 3.63) is 69.7 Å². The summed E-state index contributed by atoms with van der Waals surface area (Å²) in [7, 11) is 0. The molecule has 0 saturated heterocycles. The highest BCUT2D eigenvalue weighted by atomic mass is 35.5. The predicted molar refractivity (Wildman–Crippen MR) is 99.0 cm³/mol. The smallest absolute Gasteiger partial charge is 0.142 e. The SMILES string of the molecule is Cc1ccc(-c2cc(-c3c(Cl)cccc3Cl)c(C#N)c(N)n2)cc1. The molecule has 0 fully saturated rings. The molecule has 1 aromatic heterocycles. The molecule has 0 bridgehead atoms. The number of aryl methyl sites for hydroxylation is 1. The monoisotopic (exact) mass is 353 g/mol. The van der Waals surface area contributed by atoms with E-state index in [0.717, 1.165) is 11.1 Å². The number of halogens is 2. The van der Waals surface area contributed by atoms with Crippen LogP contribution in [0.4, 0.5) is 5.82 Å². The molecule has 0 aliphatic carbocycles. The number of nitrogens with two attached hydrogens (primary N) is 1. The summed E-state index contributed by atoms with van der Waals surface area (Å²) >= 11 is 12.6. The van der Waals surface area contributed by atoms with Crippen LogP contribution in [0.3, 0.4) is 0 Å². The minimum atomic E-state index is 0.154. The summed E-state index contributed by atoms with van der Waals surface area (Å²) in [6.45, 7) is 2.01. The van der Waals surface area contributed by atoms with Gasteiger partial charge in [-0.3, -0.25) is 0 Å². The van der Waals surface area contributed by atoms with Gasteiger partial charge in [0.05, 0.1) is 5.69 Å². The fourth-order valence-corrected chi connectivity index (χ4v) is 3.11. The number of nitriles is 1. The van der Waals surface area contributed by atoms with Gasteiger partial charge in [-0.1, -0.05) is 59.1 Å². The minimum Gasteiger partial charge on any atom is -0.383 e. The summed E-state index contributed by atoms with van der Waals surface area (Å²) in [4.78, 5) is 4.36. The van der Waals surface area contributed by atoms with Crippen molar-refractivity contribution in [1.29, 1.82) is 5.26 Å². The maximum atomic E-state index is 9.48. The van der Waals surface area contributed by atoms with Crippen LogP contribution < -0.4 is 5.73 Å². The number of hydrogen-bond donors (Lipinski definition) is 1. The van der Waals surface area contributed by atoms with Crippen molar-refractivity contribution in [2.45, 2.75) is 6.92 Å². The molecule has 118 valence electrons. The molecule has 3 rings (SSSR count). The summed E-state index contributed by atoms with van der Waals surface area (Å²) in [5.74, 6) is 0.154. The zero-order chi connectivity index (χ0) is 17.3. The lowest BCUT2D eigenvalue weighted by Crippen LogP contribution is -2.00. The van der Waals surface area contributed by atoms with Crippen LogP contribution in [0.15, 0.2) is 48.5 Å². The van der Waals surface area contributed by atoms with Crippen molar-refractivity contribution < 1.29 is 0 Å². The Morgan fingerprint density at radius 2 is 1.67 bits per heavy atom. The Hall–Kier alpha value is -2.54. The third-order valence-corrected chi connectivity index (χ3v) is 4.37. The molecule has 3 aromatic rings. The highest BCUT2D eigenvalue weighted by Crippen LogP contribution is 2.39. The molecular formula is C19H13Cl2N3. The molecule has 0 aliphatic rings. The molecule has 0 saturated carbocycles. The fourth-order valence-electron chi connectivity index (χ4n) is 2.51. The first-order valence-corrected chi connectivity index (χ1v) is 7.99. The van der Waals surface area contributed by atoms with Crippen LogP contribution in [0.2, 0.25) is 10.0 Å². The molecule has 3 nitrogen and oxygen atoms in total. The van der Waals surface area contributed by atoms with Gasteiger partial charge in [-0.15, -0.1) is 0 Å². The van der Waals surface area contributed by atoms with Crippen LogP contribution in [0.25, 0.3) is 22.4 Å². The Bertz CT molecular complexity index is 937. The van der Waals surface area contributed by atoms with E-state index in [1.165, 1.54) is 0 Å². The lowest BCUT2D eigenvalue weighted by atomic mass is 9.98. The van der Waals surface area contributed by atoms with Gasteiger partial charge in [0.2, 0.25) is 0 Å². The first-order valence-electron chi connectivity index (χ1n) is 7.23. The first kappa shape index (κ1) is 16.3. The maximum absolute atomic E-state index is 9.48. The highest BCUT2D eigenvalue weighted by molar-refractivity contribution is 6.39. The number of nitrogens with zero attached hydrogens (tertiary/aromatic N) is 2. The van der Waals surface area contributed by atoms with Crippen molar-refractivity contribution in [3.8, 4) is 28.5 Å². The van der Waals surface area contributed by atoms with Gasteiger partial charge in [-0.25, -0.2) is 4.98 Å². The van der Waals surface area contributed by atoms with Crippen molar-refractivity contribution in [2.75, 3.05) is 5.73 Å². The van der Waals surface area contributed by atoms with Gasteiger partial charge >= 0.3 is 0 Å². The molecule has 2 N–H and O–H groups in total. The first-order chi connectivity index (χ1) is 11.5. The molecule has 0 atom stereocenters. The Balaban J connectivity index is 2.29. The van der Waals surface area contributed by atoms with E-state index in [2.05, 4.69) is 11.1 Å². The van der Waals surface area contributed by atoms with Gasteiger partial charge < -0.3 is 5.73 Å². The summed E-state index contributed by atoms with van der Waals surface area (Å²) in [5, 5.41) is 10.4. The number of aromatic nitrogens is 1. The average molecular weight is 354 g/mol. The number of benzene rings is 2. The van der Waals surface area contributed by atoms with Crippen LogP contribution >= 0.6 is 23.2 Å². The molecule has 0 spiro atoms. The molecule has 0 unspecified atom stereocenters. The molecule has 24 heavy (non-hydrogen) atoms. The number of anilines is 1. The van der Waals surface area contributed by atoms with E-state index in [-0.39, 0.29) is 11.4 Å². The molecule has 2 aromatic carbocycles. The maximum Gasteiger partial charge on any atom is 0.142 e. The van der Waals surface area contributed by atoms with Crippen LogP contribution in [0, 0.1) is 18.3 Å². The number of pyridine rings is 1. The van der Waals surface area contributed by atoms with Gasteiger partial charge in [0.1, 0.15) is 17.5 Å². The summed E-state index contributed by atoms with van der Waals surface area (Å²) in [6, 6.07) is 17.0. The standard InChI is InChI=1S/C19H13Cl2N3/c1-11-5-7-12(8-6-11)17-9-13(14(10-22)19(23)24-17)18-15(20)3-2-4-16(18)21/h2-9H,1H3,(H2,23,24). The van der Waals surface area contributed by atoms with E-state index in [4.69, 9.17) is 28.9 Å². The van der Waals surface area contributed by atoms with E-state index in [1.807, 2.05) is 31.2 Å². The summed E-state index contributed by atoms with van der Waals surface area (Å²) < 4.78 is 0. The largest absolute Gasteiger partial charge is 0.383 e. The van der Waals surface area contributed by atoms with Gasteiger partial charge in [0.15, 0.2) is 0 Å². The van der Waals surface area contributed by atoms with Crippen molar-refractivity contribution in [1.82, 2.24) is 4.98 Å². The van der Waals surface area contributed by atoms with E-state index in [0.29, 0.717) is 26.9 Å². The second kappa shape index (κ2) is 6.52. The van der Waals surface area contributed by atoms with E-state index in [9.17, 15) is 5.26 Å². The molecule has 0 amide bonds. The normalized spacial score (nSPS) is 10.4. The second-order valence-electron chi connectivity index (χ2n) is 5.39. The summed E-state index contributed by atoms with van der Waals surface area (Å²) in [6.07, 6.45) is 0.